The number of aromatic nitrogens is 2. The number of nitro groups is 1. The first-order valence-corrected chi connectivity index (χ1v) is 6.82. The summed E-state index contributed by atoms with van der Waals surface area (Å²) in [4.78, 5) is 10.9. The molecule has 0 saturated carbocycles. The Hall–Kier alpha value is -1.59. The standard InChI is InChI=1S/C13H24N4O2/c1-6-7-11-12(17(18)19)13(16(5)15-11)14-8-10(4)9(2)3/h9-10,14H,6-8H2,1-5H3. The molecule has 0 aliphatic carbocycles. The molecule has 0 saturated heterocycles. The van der Waals surface area contributed by atoms with Gasteiger partial charge in [0.1, 0.15) is 5.69 Å². The number of rotatable bonds is 7. The summed E-state index contributed by atoms with van der Waals surface area (Å²) in [5.41, 5.74) is 0.690. The van der Waals surface area contributed by atoms with Crippen LogP contribution in [0.4, 0.5) is 11.5 Å². The van der Waals surface area contributed by atoms with Crippen LogP contribution in [-0.4, -0.2) is 21.2 Å². The Morgan fingerprint density at radius 3 is 2.53 bits per heavy atom. The molecule has 6 nitrogen and oxygen atoms in total. The van der Waals surface area contributed by atoms with E-state index in [9.17, 15) is 10.1 Å². The molecule has 1 aromatic rings. The predicted octanol–water partition coefficient (Wildman–Crippen LogP) is 2.98. The van der Waals surface area contributed by atoms with E-state index >= 15 is 0 Å². The maximum Gasteiger partial charge on any atom is 0.333 e. The molecule has 1 N–H and O–H groups in total. The van der Waals surface area contributed by atoms with Crippen LogP contribution in [0, 0.1) is 22.0 Å². The van der Waals surface area contributed by atoms with E-state index < -0.39 is 0 Å². The van der Waals surface area contributed by atoms with Crippen molar-refractivity contribution >= 4 is 11.5 Å². The minimum atomic E-state index is -0.333. The van der Waals surface area contributed by atoms with Gasteiger partial charge in [0, 0.05) is 13.6 Å². The monoisotopic (exact) mass is 268 g/mol. The molecule has 0 spiro atoms. The average Bonchev–Trinajstić information content (AvgIpc) is 2.62. The largest absolute Gasteiger partial charge is 0.364 e. The zero-order valence-corrected chi connectivity index (χ0v) is 12.4. The zero-order chi connectivity index (χ0) is 14.6. The van der Waals surface area contributed by atoms with E-state index in [1.807, 2.05) is 6.92 Å². The highest BCUT2D eigenvalue weighted by Crippen LogP contribution is 2.29. The summed E-state index contributed by atoms with van der Waals surface area (Å²) in [5, 5.41) is 18.7. The molecule has 0 radical (unpaired) electrons. The molecule has 6 heteroatoms. The summed E-state index contributed by atoms with van der Waals surface area (Å²) in [6, 6.07) is 0. The maximum absolute atomic E-state index is 11.2. The zero-order valence-electron chi connectivity index (χ0n) is 12.4. The first kappa shape index (κ1) is 15.5. The topological polar surface area (TPSA) is 73.0 Å². The minimum Gasteiger partial charge on any atom is -0.364 e. The van der Waals surface area contributed by atoms with Gasteiger partial charge in [-0.2, -0.15) is 5.10 Å². The van der Waals surface area contributed by atoms with Crippen LogP contribution >= 0.6 is 0 Å². The Morgan fingerprint density at radius 1 is 1.42 bits per heavy atom. The molecule has 0 fully saturated rings. The lowest BCUT2D eigenvalue weighted by molar-refractivity contribution is -0.384. The van der Waals surface area contributed by atoms with Crippen molar-refractivity contribution in [3.63, 3.8) is 0 Å². The summed E-state index contributed by atoms with van der Waals surface area (Å²) >= 11 is 0. The lowest BCUT2D eigenvalue weighted by atomic mass is 9.98. The highest BCUT2D eigenvalue weighted by atomic mass is 16.6. The van der Waals surface area contributed by atoms with Crippen molar-refractivity contribution in [2.45, 2.75) is 40.5 Å². The number of nitrogens with one attached hydrogen (secondary N) is 1. The Labute approximate surface area is 114 Å². The normalized spacial score (nSPS) is 12.7. The van der Waals surface area contributed by atoms with E-state index in [1.165, 1.54) is 0 Å². The van der Waals surface area contributed by atoms with Crippen molar-refractivity contribution in [3.05, 3.63) is 15.8 Å². The van der Waals surface area contributed by atoms with Crippen molar-refractivity contribution in [1.29, 1.82) is 0 Å². The first-order chi connectivity index (χ1) is 8.88. The van der Waals surface area contributed by atoms with Gasteiger partial charge in [-0.05, 0) is 18.3 Å². The third-order valence-electron chi connectivity index (χ3n) is 3.49. The fourth-order valence-electron chi connectivity index (χ4n) is 1.86. The molecule has 108 valence electrons. The third kappa shape index (κ3) is 3.68. The van der Waals surface area contributed by atoms with E-state index in [1.54, 1.807) is 11.7 Å². The quantitative estimate of drug-likeness (QED) is 0.609. The van der Waals surface area contributed by atoms with Gasteiger partial charge in [0.05, 0.1) is 4.92 Å². The Bertz CT molecular complexity index is 440. The predicted molar refractivity (Wildman–Crippen MR) is 76.3 cm³/mol. The van der Waals surface area contributed by atoms with Gasteiger partial charge in [-0.25, -0.2) is 4.68 Å². The molecule has 0 aromatic carbocycles. The van der Waals surface area contributed by atoms with Crippen LogP contribution in [-0.2, 0) is 13.5 Å². The molecule has 1 unspecified atom stereocenters. The highest BCUT2D eigenvalue weighted by molar-refractivity contribution is 5.59. The van der Waals surface area contributed by atoms with Crippen LogP contribution in [0.5, 0.6) is 0 Å². The number of nitrogens with zero attached hydrogens (tertiary/aromatic N) is 3. The van der Waals surface area contributed by atoms with E-state index in [0.29, 0.717) is 36.3 Å². The summed E-state index contributed by atoms with van der Waals surface area (Å²) < 4.78 is 1.58. The van der Waals surface area contributed by atoms with Crippen molar-refractivity contribution < 1.29 is 4.92 Å². The SMILES string of the molecule is CCCc1nn(C)c(NCC(C)C(C)C)c1[N+](=O)[O-]. The summed E-state index contributed by atoms with van der Waals surface area (Å²) in [7, 11) is 1.74. The van der Waals surface area contributed by atoms with Gasteiger partial charge >= 0.3 is 5.69 Å². The number of hydrogen-bond donors (Lipinski definition) is 1. The van der Waals surface area contributed by atoms with Crippen LogP contribution in [0.2, 0.25) is 0 Å². The second kappa shape index (κ2) is 6.54. The summed E-state index contributed by atoms with van der Waals surface area (Å²) in [6.45, 7) is 9.13. The number of aryl methyl sites for hydroxylation is 2. The molecule has 1 rings (SSSR count). The fraction of sp³-hybridized carbons (Fsp3) is 0.769. The number of hydrogen-bond acceptors (Lipinski definition) is 4. The Balaban J connectivity index is 2.96. The smallest absolute Gasteiger partial charge is 0.333 e. The Kier molecular flexibility index (Phi) is 5.32. The lowest BCUT2D eigenvalue weighted by Gasteiger charge is -2.16. The molecule has 0 amide bonds. The molecule has 1 aromatic heterocycles. The van der Waals surface area contributed by atoms with Crippen molar-refractivity contribution in [3.8, 4) is 0 Å². The Morgan fingerprint density at radius 2 is 2.05 bits per heavy atom. The van der Waals surface area contributed by atoms with Crippen molar-refractivity contribution in [2.24, 2.45) is 18.9 Å². The van der Waals surface area contributed by atoms with Crippen molar-refractivity contribution in [2.75, 3.05) is 11.9 Å². The van der Waals surface area contributed by atoms with Gasteiger partial charge in [-0.3, -0.25) is 10.1 Å². The molecular formula is C13H24N4O2. The van der Waals surface area contributed by atoms with Gasteiger partial charge in [0.2, 0.25) is 5.82 Å². The van der Waals surface area contributed by atoms with Crippen LogP contribution in [0.25, 0.3) is 0 Å². The second-order valence-corrected chi connectivity index (χ2v) is 5.38. The second-order valence-electron chi connectivity index (χ2n) is 5.38. The summed E-state index contributed by atoms with van der Waals surface area (Å²) in [6.07, 6.45) is 1.48. The molecule has 0 aliphatic heterocycles. The molecular weight excluding hydrogens is 244 g/mol. The minimum absolute atomic E-state index is 0.125. The average molecular weight is 268 g/mol. The molecule has 0 aliphatic rings. The molecule has 0 bridgehead atoms. The van der Waals surface area contributed by atoms with E-state index in [4.69, 9.17) is 0 Å². The maximum atomic E-state index is 11.2. The van der Waals surface area contributed by atoms with E-state index in [-0.39, 0.29) is 10.6 Å². The van der Waals surface area contributed by atoms with Crippen molar-refractivity contribution in [1.82, 2.24) is 9.78 Å². The molecule has 19 heavy (non-hydrogen) atoms. The van der Waals surface area contributed by atoms with Gasteiger partial charge < -0.3 is 5.32 Å². The van der Waals surface area contributed by atoms with E-state index in [2.05, 4.69) is 31.2 Å². The van der Waals surface area contributed by atoms with Gasteiger partial charge in [0.15, 0.2) is 0 Å². The third-order valence-corrected chi connectivity index (χ3v) is 3.49. The van der Waals surface area contributed by atoms with Gasteiger partial charge in [-0.15, -0.1) is 0 Å². The highest BCUT2D eigenvalue weighted by Gasteiger charge is 2.26. The molecule has 1 heterocycles. The van der Waals surface area contributed by atoms with Gasteiger partial charge in [0.25, 0.3) is 0 Å². The summed E-state index contributed by atoms with van der Waals surface area (Å²) in [5.74, 6) is 1.50. The van der Waals surface area contributed by atoms with Crippen LogP contribution < -0.4 is 5.32 Å². The molecule has 1 atom stereocenters. The van der Waals surface area contributed by atoms with E-state index in [0.717, 1.165) is 6.42 Å². The van der Waals surface area contributed by atoms with Crippen LogP contribution in [0.1, 0.15) is 39.8 Å². The van der Waals surface area contributed by atoms with Crippen LogP contribution in [0.3, 0.4) is 0 Å². The lowest BCUT2D eigenvalue weighted by Crippen LogP contribution is -2.18. The fourth-order valence-corrected chi connectivity index (χ4v) is 1.86. The first-order valence-electron chi connectivity index (χ1n) is 6.82. The van der Waals surface area contributed by atoms with Crippen LogP contribution in [0.15, 0.2) is 0 Å². The number of anilines is 1. The van der Waals surface area contributed by atoms with Gasteiger partial charge in [-0.1, -0.05) is 34.1 Å².